The van der Waals surface area contributed by atoms with Gasteiger partial charge in [0.2, 0.25) is 0 Å². The highest BCUT2D eigenvalue weighted by molar-refractivity contribution is 5.74. The van der Waals surface area contributed by atoms with Crippen LogP contribution < -0.4 is 0 Å². The lowest BCUT2D eigenvalue weighted by Gasteiger charge is -2.34. The number of aliphatic hydroxyl groups is 1. The molecule has 1 aromatic carbocycles. The van der Waals surface area contributed by atoms with Crippen LogP contribution in [0.25, 0.3) is 0 Å². The van der Waals surface area contributed by atoms with Gasteiger partial charge in [0.05, 0.1) is 12.5 Å². The lowest BCUT2D eigenvalue weighted by atomic mass is 9.76. The second-order valence-electron chi connectivity index (χ2n) is 5.25. The summed E-state index contributed by atoms with van der Waals surface area (Å²) in [6, 6.07) is 3.11. The second kappa shape index (κ2) is 6.31. The molecule has 1 aromatic rings. The zero-order chi connectivity index (χ0) is 15.5. The van der Waals surface area contributed by atoms with E-state index in [9.17, 15) is 18.7 Å². The summed E-state index contributed by atoms with van der Waals surface area (Å²) in [7, 11) is 0. The second-order valence-corrected chi connectivity index (χ2v) is 5.25. The van der Waals surface area contributed by atoms with Crippen molar-refractivity contribution in [2.45, 2.75) is 33.3 Å². The first-order valence-electron chi connectivity index (χ1n) is 6.56. The third-order valence-electron chi connectivity index (χ3n) is 3.32. The first-order chi connectivity index (χ1) is 9.21. The van der Waals surface area contributed by atoms with Crippen LogP contribution in [-0.4, -0.2) is 17.7 Å². The van der Waals surface area contributed by atoms with Crippen molar-refractivity contribution in [2.75, 3.05) is 6.61 Å². The Labute approximate surface area is 117 Å². The van der Waals surface area contributed by atoms with Gasteiger partial charge in [0.1, 0.15) is 5.60 Å². The number of hydrogen-bond acceptors (Lipinski definition) is 3. The first-order valence-corrected chi connectivity index (χ1v) is 6.56. The van der Waals surface area contributed by atoms with Crippen molar-refractivity contribution in [3.8, 4) is 0 Å². The molecule has 20 heavy (non-hydrogen) atoms. The van der Waals surface area contributed by atoms with Crippen LogP contribution in [0.1, 0.15) is 33.3 Å². The Kier molecular flexibility index (Phi) is 5.22. The number of rotatable bonds is 5. The molecule has 0 aromatic heterocycles. The van der Waals surface area contributed by atoms with E-state index >= 15 is 0 Å². The molecule has 1 N–H and O–H groups in total. The van der Waals surface area contributed by atoms with Crippen molar-refractivity contribution < 1.29 is 23.4 Å². The van der Waals surface area contributed by atoms with Crippen molar-refractivity contribution >= 4 is 5.97 Å². The topological polar surface area (TPSA) is 46.5 Å². The zero-order valence-corrected chi connectivity index (χ0v) is 12.1. The molecular weight excluding hydrogens is 266 g/mol. The van der Waals surface area contributed by atoms with Gasteiger partial charge < -0.3 is 9.84 Å². The van der Waals surface area contributed by atoms with E-state index in [1.165, 1.54) is 13.0 Å². The molecule has 2 unspecified atom stereocenters. The molecule has 5 heteroatoms. The summed E-state index contributed by atoms with van der Waals surface area (Å²) in [6.07, 6.45) is 0. The fourth-order valence-electron chi connectivity index (χ4n) is 2.37. The van der Waals surface area contributed by atoms with Crippen LogP contribution >= 0.6 is 0 Å². The molecule has 0 spiro atoms. The number of carbonyl (C=O) groups excluding carboxylic acids is 1. The fraction of sp³-hybridized carbons (Fsp3) is 0.533. The molecular formula is C15H20F2O3. The normalized spacial score (nSPS) is 15.8. The van der Waals surface area contributed by atoms with Crippen LogP contribution in [0.4, 0.5) is 8.78 Å². The maximum atomic E-state index is 13.3. The van der Waals surface area contributed by atoms with Crippen LogP contribution in [0.5, 0.6) is 0 Å². The van der Waals surface area contributed by atoms with Crippen LogP contribution in [0.2, 0.25) is 0 Å². The molecule has 0 aliphatic heterocycles. The summed E-state index contributed by atoms with van der Waals surface area (Å²) < 4.78 is 31.3. The molecule has 0 saturated carbocycles. The highest BCUT2D eigenvalue weighted by atomic mass is 19.2. The van der Waals surface area contributed by atoms with Crippen LogP contribution in [0, 0.1) is 23.5 Å². The highest BCUT2D eigenvalue weighted by Gasteiger charge is 2.42. The molecule has 0 fully saturated rings. The van der Waals surface area contributed by atoms with Crippen molar-refractivity contribution in [3.05, 3.63) is 35.4 Å². The van der Waals surface area contributed by atoms with E-state index in [4.69, 9.17) is 4.74 Å². The summed E-state index contributed by atoms with van der Waals surface area (Å²) in [4.78, 5) is 12.0. The van der Waals surface area contributed by atoms with Gasteiger partial charge in [-0.3, -0.25) is 4.79 Å². The monoisotopic (exact) mass is 286 g/mol. The fourth-order valence-corrected chi connectivity index (χ4v) is 2.37. The van der Waals surface area contributed by atoms with Crippen molar-refractivity contribution in [1.29, 1.82) is 0 Å². The van der Waals surface area contributed by atoms with E-state index < -0.39 is 29.1 Å². The maximum absolute atomic E-state index is 13.3. The summed E-state index contributed by atoms with van der Waals surface area (Å²) in [6.45, 7) is 6.78. The summed E-state index contributed by atoms with van der Waals surface area (Å²) >= 11 is 0. The van der Waals surface area contributed by atoms with E-state index in [0.29, 0.717) is 0 Å². The molecule has 1 rings (SSSR count). The smallest absolute Gasteiger partial charge is 0.312 e. The minimum absolute atomic E-state index is 0.142. The van der Waals surface area contributed by atoms with Gasteiger partial charge in [-0.15, -0.1) is 0 Å². The molecule has 0 heterocycles. The third-order valence-corrected chi connectivity index (χ3v) is 3.32. The number of benzene rings is 1. The van der Waals surface area contributed by atoms with Crippen molar-refractivity contribution in [3.63, 3.8) is 0 Å². The van der Waals surface area contributed by atoms with Crippen LogP contribution in [0.15, 0.2) is 18.2 Å². The summed E-state index contributed by atoms with van der Waals surface area (Å²) in [5.41, 5.74) is -1.50. The van der Waals surface area contributed by atoms with E-state index in [0.717, 1.165) is 12.1 Å². The number of hydrogen-bond donors (Lipinski definition) is 1. The largest absolute Gasteiger partial charge is 0.466 e. The van der Waals surface area contributed by atoms with Gasteiger partial charge >= 0.3 is 5.97 Å². The van der Waals surface area contributed by atoms with E-state index in [2.05, 4.69) is 0 Å². The quantitative estimate of drug-likeness (QED) is 0.846. The molecule has 3 nitrogen and oxygen atoms in total. The first kappa shape index (κ1) is 16.6. The lowest BCUT2D eigenvalue weighted by molar-refractivity contribution is -0.161. The third kappa shape index (κ3) is 3.33. The predicted molar refractivity (Wildman–Crippen MR) is 70.9 cm³/mol. The maximum Gasteiger partial charge on any atom is 0.312 e. The molecule has 0 amide bonds. The SMILES string of the molecule is CCOC(=O)C(C(C)C)C(C)(O)c1ccc(F)c(F)c1. The Balaban J connectivity index is 3.21. The number of carbonyl (C=O) groups is 1. The number of esters is 1. The Morgan fingerprint density at radius 3 is 2.40 bits per heavy atom. The molecule has 2 atom stereocenters. The summed E-state index contributed by atoms with van der Waals surface area (Å²) in [5.74, 6) is -3.71. The van der Waals surface area contributed by atoms with E-state index in [-0.39, 0.29) is 18.1 Å². The van der Waals surface area contributed by atoms with Gasteiger partial charge in [-0.2, -0.15) is 0 Å². The predicted octanol–water partition coefficient (Wildman–Crippen LogP) is 3.01. The molecule has 0 radical (unpaired) electrons. The lowest BCUT2D eigenvalue weighted by Crippen LogP contribution is -2.41. The molecule has 0 bridgehead atoms. The Hall–Kier alpha value is -1.49. The van der Waals surface area contributed by atoms with Gasteiger partial charge in [0.25, 0.3) is 0 Å². The molecule has 0 saturated heterocycles. The van der Waals surface area contributed by atoms with E-state index in [1.54, 1.807) is 20.8 Å². The van der Waals surface area contributed by atoms with E-state index in [1.807, 2.05) is 0 Å². The van der Waals surface area contributed by atoms with Gasteiger partial charge in [-0.1, -0.05) is 19.9 Å². The van der Waals surface area contributed by atoms with Gasteiger partial charge in [0, 0.05) is 0 Å². The van der Waals surface area contributed by atoms with Gasteiger partial charge in [0.15, 0.2) is 11.6 Å². The molecule has 0 aliphatic carbocycles. The zero-order valence-electron chi connectivity index (χ0n) is 12.1. The van der Waals surface area contributed by atoms with Crippen LogP contribution in [-0.2, 0) is 15.1 Å². The Morgan fingerprint density at radius 1 is 1.35 bits per heavy atom. The average Bonchev–Trinajstić information content (AvgIpc) is 2.31. The van der Waals surface area contributed by atoms with Crippen molar-refractivity contribution in [2.24, 2.45) is 11.8 Å². The molecule has 112 valence electrons. The van der Waals surface area contributed by atoms with Gasteiger partial charge in [-0.05, 0) is 37.5 Å². The van der Waals surface area contributed by atoms with Crippen molar-refractivity contribution in [1.82, 2.24) is 0 Å². The van der Waals surface area contributed by atoms with Gasteiger partial charge in [-0.25, -0.2) is 8.78 Å². The Bertz CT molecular complexity index is 484. The minimum Gasteiger partial charge on any atom is -0.466 e. The number of ether oxygens (including phenoxy) is 1. The summed E-state index contributed by atoms with van der Waals surface area (Å²) in [5, 5.41) is 10.6. The average molecular weight is 286 g/mol. The standard InChI is InChI=1S/C15H20F2O3/c1-5-20-14(18)13(9(2)3)15(4,19)10-6-7-11(16)12(17)8-10/h6-9,13,19H,5H2,1-4H3. The Morgan fingerprint density at radius 2 is 1.95 bits per heavy atom. The molecule has 0 aliphatic rings. The highest BCUT2D eigenvalue weighted by Crippen LogP contribution is 2.35. The minimum atomic E-state index is -1.64. The van der Waals surface area contributed by atoms with Crippen LogP contribution in [0.3, 0.4) is 0 Å². The number of halogens is 2.